The van der Waals surface area contributed by atoms with E-state index in [9.17, 15) is 10.2 Å². The lowest BCUT2D eigenvalue weighted by atomic mass is 9.93. The molecule has 0 radical (unpaired) electrons. The number of hydrogen-bond acceptors (Lipinski definition) is 2. The summed E-state index contributed by atoms with van der Waals surface area (Å²) in [4.78, 5) is 0. The van der Waals surface area contributed by atoms with E-state index in [0.29, 0.717) is 0 Å². The predicted octanol–water partition coefficient (Wildman–Crippen LogP) is 5.07. The Hall–Kier alpha value is -3.00. The molecule has 2 nitrogen and oxygen atoms in total. The zero-order valence-corrected chi connectivity index (χ0v) is 11.8. The summed E-state index contributed by atoms with van der Waals surface area (Å²) in [6.45, 7) is 0. The van der Waals surface area contributed by atoms with Crippen LogP contribution >= 0.6 is 0 Å². The van der Waals surface area contributed by atoms with E-state index in [0.717, 1.165) is 32.7 Å². The molecule has 0 atom stereocenters. The van der Waals surface area contributed by atoms with E-state index in [1.807, 2.05) is 60.7 Å². The summed E-state index contributed by atoms with van der Waals surface area (Å²) in [6.07, 6.45) is 0. The van der Waals surface area contributed by atoms with Gasteiger partial charge in [-0.15, -0.1) is 0 Å². The monoisotopic (exact) mass is 286 g/mol. The molecule has 22 heavy (non-hydrogen) atoms. The molecule has 0 spiro atoms. The van der Waals surface area contributed by atoms with Crippen molar-refractivity contribution in [1.29, 1.82) is 0 Å². The average Bonchev–Trinajstić information content (AvgIpc) is 2.55. The van der Waals surface area contributed by atoms with Gasteiger partial charge in [0.25, 0.3) is 0 Å². The maximum absolute atomic E-state index is 10.1. The number of phenols is 2. The van der Waals surface area contributed by atoms with Crippen molar-refractivity contribution in [3.8, 4) is 22.6 Å². The van der Waals surface area contributed by atoms with Gasteiger partial charge in [0, 0.05) is 10.8 Å². The summed E-state index contributed by atoms with van der Waals surface area (Å²) in [6, 6.07) is 22.9. The standard InChI is InChI=1S/C20H14O2/c21-19-11-3-7-15-13(5-1-9-17(15)19)14-6-2-10-18-16(14)8-4-12-20(18)22/h1-12,21-22H. The lowest BCUT2D eigenvalue weighted by Gasteiger charge is -2.11. The number of phenolic OH excluding ortho intramolecular Hbond substituents is 2. The molecule has 106 valence electrons. The Bertz CT molecular complexity index is 920. The third-order valence-corrected chi connectivity index (χ3v) is 4.09. The van der Waals surface area contributed by atoms with E-state index >= 15 is 0 Å². The Kier molecular flexibility index (Phi) is 2.76. The molecule has 0 heterocycles. The zero-order valence-electron chi connectivity index (χ0n) is 11.8. The first-order chi connectivity index (χ1) is 10.8. The number of hydrogen-bond donors (Lipinski definition) is 2. The van der Waals surface area contributed by atoms with E-state index in [-0.39, 0.29) is 11.5 Å². The quantitative estimate of drug-likeness (QED) is 0.513. The molecule has 0 amide bonds. The molecule has 0 aliphatic heterocycles. The topological polar surface area (TPSA) is 40.5 Å². The van der Waals surface area contributed by atoms with E-state index in [4.69, 9.17) is 0 Å². The number of fused-ring (bicyclic) bond motifs is 2. The van der Waals surface area contributed by atoms with Crippen molar-refractivity contribution in [2.45, 2.75) is 0 Å². The van der Waals surface area contributed by atoms with E-state index in [1.165, 1.54) is 0 Å². The number of benzene rings is 4. The van der Waals surface area contributed by atoms with Gasteiger partial charge in [-0.1, -0.05) is 60.7 Å². The molecular formula is C20H14O2. The smallest absolute Gasteiger partial charge is 0.123 e. The molecule has 0 bridgehead atoms. The average molecular weight is 286 g/mol. The van der Waals surface area contributed by atoms with Gasteiger partial charge in [-0.3, -0.25) is 0 Å². The van der Waals surface area contributed by atoms with Gasteiger partial charge in [-0.25, -0.2) is 0 Å². The fourth-order valence-corrected chi connectivity index (χ4v) is 3.06. The third-order valence-electron chi connectivity index (χ3n) is 4.09. The Morgan fingerprint density at radius 3 is 1.23 bits per heavy atom. The fraction of sp³-hybridized carbons (Fsp3) is 0. The Labute approximate surface area is 127 Å². The zero-order chi connectivity index (χ0) is 15.1. The van der Waals surface area contributed by atoms with Gasteiger partial charge in [-0.05, 0) is 34.0 Å². The highest BCUT2D eigenvalue weighted by Gasteiger charge is 2.10. The molecule has 2 N–H and O–H groups in total. The molecule has 4 aromatic rings. The first-order valence-corrected chi connectivity index (χ1v) is 7.17. The summed E-state index contributed by atoms with van der Waals surface area (Å²) in [5.74, 6) is 0.560. The highest BCUT2D eigenvalue weighted by molar-refractivity contribution is 6.07. The fourth-order valence-electron chi connectivity index (χ4n) is 3.06. The molecule has 2 heteroatoms. The van der Waals surface area contributed by atoms with Crippen molar-refractivity contribution in [3.05, 3.63) is 72.8 Å². The minimum Gasteiger partial charge on any atom is -0.507 e. The van der Waals surface area contributed by atoms with Crippen LogP contribution in [0.2, 0.25) is 0 Å². The van der Waals surface area contributed by atoms with Gasteiger partial charge in [0.2, 0.25) is 0 Å². The second kappa shape index (κ2) is 4.78. The molecule has 4 rings (SSSR count). The van der Waals surface area contributed by atoms with Crippen LogP contribution in [0.1, 0.15) is 0 Å². The van der Waals surface area contributed by atoms with Crippen molar-refractivity contribution in [3.63, 3.8) is 0 Å². The summed E-state index contributed by atoms with van der Waals surface area (Å²) in [5, 5.41) is 23.8. The van der Waals surface area contributed by atoms with Crippen LogP contribution in [0.15, 0.2) is 72.8 Å². The molecule has 0 saturated heterocycles. The maximum atomic E-state index is 10.1. The van der Waals surface area contributed by atoms with Crippen molar-refractivity contribution in [2.24, 2.45) is 0 Å². The lowest BCUT2D eigenvalue weighted by molar-refractivity contribution is 0.481. The molecule has 0 aliphatic carbocycles. The van der Waals surface area contributed by atoms with Crippen LogP contribution in [0.5, 0.6) is 11.5 Å². The highest BCUT2D eigenvalue weighted by atomic mass is 16.3. The van der Waals surface area contributed by atoms with E-state index in [2.05, 4.69) is 0 Å². The first kappa shape index (κ1) is 12.7. The molecule has 0 fully saturated rings. The SMILES string of the molecule is Oc1cccc2c(-c3cccc4c(O)cccc34)cccc12. The summed E-state index contributed by atoms with van der Waals surface area (Å²) >= 11 is 0. The van der Waals surface area contributed by atoms with Crippen LogP contribution in [-0.4, -0.2) is 10.2 Å². The van der Waals surface area contributed by atoms with Gasteiger partial charge in [-0.2, -0.15) is 0 Å². The van der Waals surface area contributed by atoms with Gasteiger partial charge in [0.15, 0.2) is 0 Å². The maximum Gasteiger partial charge on any atom is 0.123 e. The number of aromatic hydroxyl groups is 2. The second-order valence-electron chi connectivity index (χ2n) is 5.36. The number of rotatable bonds is 1. The molecule has 0 aliphatic rings. The van der Waals surface area contributed by atoms with Gasteiger partial charge in [0.1, 0.15) is 11.5 Å². The first-order valence-electron chi connectivity index (χ1n) is 7.17. The molecular weight excluding hydrogens is 272 g/mol. The van der Waals surface area contributed by atoms with Crippen molar-refractivity contribution < 1.29 is 10.2 Å². The highest BCUT2D eigenvalue weighted by Crippen LogP contribution is 2.38. The molecule has 4 aromatic carbocycles. The van der Waals surface area contributed by atoms with Crippen molar-refractivity contribution >= 4 is 21.5 Å². The van der Waals surface area contributed by atoms with Gasteiger partial charge >= 0.3 is 0 Å². The Morgan fingerprint density at radius 2 is 0.773 bits per heavy atom. The van der Waals surface area contributed by atoms with Gasteiger partial charge < -0.3 is 10.2 Å². The van der Waals surface area contributed by atoms with Crippen LogP contribution in [0, 0.1) is 0 Å². The summed E-state index contributed by atoms with van der Waals surface area (Å²) in [5.41, 5.74) is 2.09. The second-order valence-corrected chi connectivity index (χ2v) is 5.36. The largest absolute Gasteiger partial charge is 0.507 e. The van der Waals surface area contributed by atoms with Gasteiger partial charge in [0.05, 0.1) is 0 Å². The van der Waals surface area contributed by atoms with Crippen molar-refractivity contribution in [1.82, 2.24) is 0 Å². The lowest BCUT2D eigenvalue weighted by Crippen LogP contribution is -1.84. The van der Waals surface area contributed by atoms with Crippen LogP contribution in [0.4, 0.5) is 0 Å². The minimum atomic E-state index is 0.280. The van der Waals surface area contributed by atoms with Crippen LogP contribution in [-0.2, 0) is 0 Å². The summed E-state index contributed by atoms with van der Waals surface area (Å²) in [7, 11) is 0. The third kappa shape index (κ3) is 1.81. The molecule has 0 aromatic heterocycles. The van der Waals surface area contributed by atoms with Crippen LogP contribution in [0.25, 0.3) is 32.7 Å². The summed E-state index contributed by atoms with van der Waals surface area (Å²) < 4.78 is 0. The Balaban J connectivity index is 2.13. The normalized spacial score (nSPS) is 11.1. The predicted molar refractivity (Wildman–Crippen MR) is 90.2 cm³/mol. The van der Waals surface area contributed by atoms with E-state index < -0.39 is 0 Å². The van der Waals surface area contributed by atoms with Crippen LogP contribution in [0.3, 0.4) is 0 Å². The molecule has 0 saturated carbocycles. The van der Waals surface area contributed by atoms with E-state index in [1.54, 1.807) is 12.1 Å². The Morgan fingerprint density at radius 1 is 0.409 bits per heavy atom. The molecule has 0 unspecified atom stereocenters. The minimum absolute atomic E-state index is 0.280. The van der Waals surface area contributed by atoms with Crippen molar-refractivity contribution in [2.75, 3.05) is 0 Å². The van der Waals surface area contributed by atoms with Crippen LogP contribution < -0.4 is 0 Å².